The number of H-pyrrole nitrogens is 1. The average Bonchev–Trinajstić information content (AvgIpc) is 2.87. The molecule has 2 heterocycles. The molecule has 0 radical (unpaired) electrons. The van der Waals surface area contributed by atoms with E-state index in [0.29, 0.717) is 29.4 Å². The smallest absolute Gasteiger partial charge is 0.246 e. The van der Waals surface area contributed by atoms with E-state index in [2.05, 4.69) is 41.1 Å². The number of anilines is 1. The van der Waals surface area contributed by atoms with E-state index in [1.807, 2.05) is 18.2 Å². The van der Waals surface area contributed by atoms with Crippen molar-refractivity contribution >= 4 is 15.7 Å². The van der Waals surface area contributed by atoms with E-state index in [1.165, 1.54) is 0 Å². The van der Waals surface area contributed by atoms with Crippen molar-refractivity contribution in [2.45, 2.75) is 44.7 Å². The fourth-order valence-electron chi connectivity index (χ4n) is 3.63. The van der Waals surface area contributed by atoms with E-state index in [9.17, 15) is 8.42 Å². The summed E-state index contributed by atoms with van der Waals surface area (Å²) < 4.78 is 27.7. The van der Waals surface area contributed by atoms with Crippen LogP contribution in [0.25, 0.3) is 0 Å². The zero-order chi connectivity index (χ0) is 17.5. The first-order valence-corrected chi connectivity index (χ1v) is 9.61. The van der Waals surface area contributed by atoms with Crippen LogP contribution in [0.1, 0.15) is 25.2 Å². The second kappa shape index (κ2) is 6.22. The van der Waals surface area contributed by atoms with Gasteiger partial charge < -0.3 is 4.90 Å². The second-order valence-corrected chi connectivity index (χ2v) is 8.40. The minimum Gasteiger partial charge on any atom is -0.363 e. The highest BCUT2D eigenvalue weighted by Crippen LogP contribution is 2.29. The predicted molar refractivity (Wildman–Crippen MR) is 94.7 cm³/mol. The van der Waals surface area contributed by atoms with Crippen molar-refractivity contribution in [1.82, 2.24) is 14.5 Å². The Kier molecular flexibility index (Phi) is 4.40. The maximum Gasteiger partial charge on any atom is 0.246 e. The molecule has 3 rings (SSSR count). The zero-order valence-electron chi connectivity index (χ0n) is 14.5. The van der Waals surface area contributed by atoms with Gasteiger partial charge in [0.2, 0.25) is 10.0 Å². The van der Waals surface area contributed by atoms with Crippen LogP contribution in [0.2, 0.25) is 0 Å². The summed E-state index contributed by atoms with van der Waals surface area (Å²) in [5.74, 6) is 0. The van der Waals surface area contributed by atoms with Crippen LogP contribution in [-0.2, 0) is 10.0 Å². The molecule has 1 aromatic carbocycles. The fourth-order valence-corrected chi connectivity index (χ4v) is 5.56. The van der Waals surface area contributed by atoms with Gasteiger partial charge in [-0.3, -0.25) is 5.10 Å². The number of hydrogen-bond acceptors (Lipinski definition) is 4. The molecule has 0 bridgehead atoms. The number of nitrogens with one attached hydrogen (secondary N) is 1. The Hall–Kier alpha value is -1.86. The van der Waals surface area contributed by atoms with E-state index < -0.39 is 10.0 Å². The molecule has 1 aliphatic heterocycles. The number of piperazine rings is 1. The number of sulfonamides is 1. The SMILES string of the molecule is Cc1n[nH]c(C)c1S(=O)(=O)N1CC(C)N(c2ccccc2)C(C)C1. The Bertz CT molecular complexity index is 785. The molecule has 0 amide bonds. The summed E-state index contributed by atoms with van der Waals surface area (Å²) in [6.07, 6.45) is 0. The normalized spacial score (nSPS) is 22.8. The average molecular weight is 348 g/mol. The van der Waals surface area contributed by atoms with E-state index in [4.69, 9.17) is 0 Å². The summed E-state index contributed by atoms with van der Waals surface area (Å²) in [6.45, 7) is 8.54. The first-order valence-electron chi connectivity index (χ1n) is 8.17. The van der Waals surface area contributed by atoms with Gasteiger partial charge in [0.15, 0.2) is 0 Å². The van der Waals surface area contributed by atoms with Gasteiger partial charge in [-0.2, -0.15) is 9.40 Å². The molecule has 0 spiro atoms. The molecule has 2 atom stereocenters. The van der Waals surface area contributed by atoms with Crippen molar-refractivity contribution in [1.29, 1.82) is 0 Å². The fraction of sp³-hybridized carbons (Fsp3) is 0.471. The molecule has 6 nitrogen and oxygen atoms in total. The van der Waals surface area contributed by atoms with Gasteiger partial charge in [0.25, 0.3) is 0 Å². The first kappa shape index (κ1) is 17.0. The molecule has 2 unspecified atom stereocenters. The molecule has 130 valence electrons. The number of benzene rings is 1. The number of hydrogen-bond donors (Lipinski definition) is 1. The highest BCUT2D eigenvalue weighted by Gasteiger charge is 2.38. The second-order valence-electron chi connectivity index (χ2n) is 6.53. The van der Waals surface area contributed by atoms with Gasteiger partial charge >= 0.3 is 0 Å². The Balaban J connectivity index is 1.89. The summed E-state index contributed by atoms with van der Waals surface area (Å²) in [6, 6.07) is 10.3. The third kappa shape index (κ3) is 2.82. The molecule has 1 saturated heterocycles. The van der Waals surface area contributed by atoms with Crippen LogP contribution in [0, 0.1) is 13.8 Å². The van der Waals surface area contributed by atoms with Crippen LogP contribution in [0.15, 0.2) is 35.2 Å². The third-order valence-corrected chi connectivity index (χ3v) is 6.69. The van der Waals surface area contributed by atoms with Gasteiger partial charge in [-0.1, -0.05) is 18.2 Å². The molecule has 0 aliphatic carbocycles. The van der Waals surface area contributed by atoms with Gasteiger partial charge in [-0.15, -0.1) is 0 Å². The molecular weight excluding hydrogens is 324 g/mol. The minimum absolute atomic E-state index is 0.0958. The van der Waals surface area contributed by atoms with Gasteiger partial charge in [0.1, 0.15) is 4.90 Å². The van der Waals surface area contributed by atoms with Crippen LogP contribution in [0.3, 0.4) is 0 Å². The van der Waals surface area contributed by atoms with E-state index in [0.717, 1.165) is 5.69 Å². The minimum atomic E-state index is -3.54. The van der Waals surface area contributed by atoms with Crippen LogP contribution >= 0.6 is 0 Å². The highest BCUT2D eigenvalue weighted by molar-refractivity contribution is 7.89. The Morgan fingerprint density at radius 2 is 1.67 bits per heavy atom. The van der Waals surface area contributed by atoms with Gasteiger partial charge in [0, 0.05) is 30.9 Å². The van der Waals surface area contributed by atoms with Crippen molar-refractivity contribution in [3.63, 3.8) is 0 Å². The molecule has 2 aromatic rings. The molecule has 1 fully saturated rings. The van der Waals surface area contributed by atoms with Gasteiger partial charge in [0.05, 0.1) is 11.4 Å². The van der Waals surface area contributed by atoms with Crippen molar-refractivity contribution < 1.29 is 8.42 Å². The van der Waals surface area contributed by atoms with Crippen LogP contribution in [0.5, 0.6) is 0 Å². The quantitative estimate of drug-likeness (QED) is 0.924. The maximum absolute atomic E-state index is 13.1. The monoisotopic (exact) mass is 348 g/mol. The van der Waals surface area contributed by atoms with Crippen LogP contribution in [-0.4, -0.2) is 48.1 Å². The van der Waals surface area contributed by atoms with Crippen LogP contribution in [0.4, 0.5) is 5.69 Å². The van der Waals surface area contributed by atoms with E-state index in [1.54, 1.807) is 18.2 Å². The predicted octanol–water partition coefficient (Wildman–Crippen LogP) is 2.31. The Labute approximate surface area is 143 Å². The molecule has 1 aliphatic rings. The molecule has 24 heavy (non-hydrogen) atoms. The van der Waals surface area contributed by atoms with Crippen molar-refractivity contribution in [3.8, 4) is 0 Å². The lowest BCUT2D eigenvalue weighted by Gasteiger charge is -2.45. The lowest BCUT2D eigenvalue weighted by molar-refractivity contribution is 0.301. The highest BCUT2D eigenvalue weighted by atomic mass is 32.2. The summed E-state index contributed by atoms with van der Waals surface area (Å²) in [5.41, 5.74) is 2.25. The standard InChI is InChI=1S/C17H24N4O2S/c1-12-10-20(24(22,23)17-14(3)18-19-15(17)4)11-13(2)21(12)16-8-6-5-7-9-16/h5-9,12-13H,10-11H2,1-4H3,(H,18,19). The summed E-state index contributed by atoms with van der Waals surface area (Å²) in [4.78, 5) is 2.61. The molecule has 1 aromatic heterocycles. The van der Waals surface area contributed by atoms with Gasteiger partial charge in [-0.25, -0.2) is 8.42 Å². The van der Waals surface area contributed by atoms with E-state index in [-0.39, 0.29) is 12.1 Å². The third-order valence-electron chi connectivity index (χ3n) is 4.60. The molecule has 0 saturated carbocycles. The molecule has 7 heteroatoms. The number of aryl methyl sites for hydroxylation is 2. The summed E-state index contributed by atoms with van der Waals surface area (Å²) in [5, 5.41) is 6.81. The lowest BCUT2D eigenvalue weighted by Crippen LogP contribution is -2.58. The van der Waals surface area contributed by atoms with E-state index >= 15 is 0 Å². The topological polar surface area (TPSA) is 69.3 Å². The van der Waals surface area contributed by atoms with Crippen molar-refractivity contribution in [2.24, 2.45) is 0 Å². The number of nitrogens with zero attached hydrogens (tertiary/aromatic N) is 3. The largest absolute Gasteiger partial charge is 0.363 e. The number of rotatable bonds is 3. The number of para-hydroxylation sites is 1. The van der Waals surface area contributed by atoms with Crippen molar-refractivity contribution in [3.05, 3.63) is 41.7 Å². The first-order chi connectivity index (χ1) is 11.3. The lowest BCUT2D eigenvalue weighted by atomic mass is 10.1. The number of aromatic amines is 1. The van der Waals surface area contributed by atoms with Crippen LogP contribution < -0.4 is 4.90 Å². The Morgan fingerprint density at radius 3 is 2.17 bits per heavy atom. The zero-order valence-corrected chi connectivity index (χ0v) is 15.3. The molecular formula is C17H24N4O2S. The Morgan fingerprint density at radius 1 is 1.08 bits per heavy atom. The van der Waals surface area contributed by atoms with Gasteiger partial charge in [-0.05, 0) is 39.8 Å². The molecule has 1 N–H and O–H groups in total. The maximum atomic E-state index is 13.1. The number of aromatic nitrogens is 2. The summed E-state index contributed by atoms with van der Waals surface area (Å²) >= 11 is 0. The van der Waals surface area contributed by atoms with Crippen molar-refractivity contribution in [2.75, 3.05) is 18.0 Å². The summed E-state index contributed by atoms with van der Waals surface area (Å²) in [7, 11) is -3.54.